The lowest BCUT2D eigenvalue weighted by Gasteiger charge is -2.35. The van der Waals surface area contributed by atoms with Crippen LogP contribution in [0.15, 0.2) is 54.7 Å². The van der Waals surface area contributed by atoms with E-state index in [2.05, 4.69) is 83.4 Å². The molecule has 1 aliphatic rings. The molecule has 2 aromatic carbocycles. The third-order valence-corrected chi connectivity index (χ3v) is 7.26. The molecule has 4 heteroatoms. The summed E-state index contributed by atoms with van der Waals surface area (Å²) in [5.41, 5.74) is 5.14. The zero-order valence-corrected chi connectivity index (χ0v) is 20.4. The van der Waals surface area contributed by atoms with Crippen molar-refractivity contribution in [3.8, 4) is 0 Å². The first-order valence-electron chi connectivity index (χ1n) is 12.8. The first kappa shape index (κ1) is 23.6. The fourth-order valence-electron chi connectivity index (χ4n) is 5.29. The Bertz CT molecular complexity index is 1050. The van der Waals surface area contributed by atoms with E-state index >= 15 is 0 Å². The predicted molar refractivity (Wildman–Crippen MR) is 138 cm³/mol. The average molecular weight is 446 g/mol. The third kappa shape index (κ3) is 6.05. The lowest BCUT2D eigenvalue weighted by atomic mass is 10.00. The van der Waals surface area contributed by atoms with E-state index in [0.717, 1.165) is 38.5 Å². The number of rotatable bonds is 10. The van der Waals surface area contributed by atoms with Crippen LogP contribution in [0.25, 0.3) is 10.9 Å². The molecular weight excluding hydrogens is 406 g/mol. The van der Waals surface area contributed by atoms with Crippen molar-refractivity contribution in [3.63, 3.8) is 0 Å². The Balaban J connectivity index is 1.30. The van der Waals surface area contributed by atoms with Crippen LogP contribution >= 0.6 is 0 Å². The number of piperidine rings is 1. The largest absolute Gasteiger partial charge is 0.356 e. The quantitative estimate of drug-likeness (QED) is 0.406. The van der Waals surface area contributed by atoms with Crippen LogP contribution in [0.4, 0.5) is 0 Å². The molecule has 176 valence electrons. The van der Waals surface area contributed by atoms with Gasteiger partial charge in [0.25, 0.3) is 0 Å². The summed E-state index contributed by atoms with van der Waals surface area (Å²) in [6, 6.07) is 17.8. The van der Waals surface area contributed by atoms with E-state index in [4.69, 9.17) is 0 Å². The maximum absolute atomic E-state index is 12.5. The van der Waals surface area contributed by atoms with Gasteiger partial charge in [-0.1, -0.05) is 55.8 Å². The Morgan fingerprint density at radius 1 is 1.06 bits per heavy atom. The maximum Gasteiger partial charge on any atom is 0.220 e. The Labute approximate surface area is 199 Å². The van der Waals surface area contributed by atoms with Gasteiger partial charge in [0, 0.05) is 49.2 Å². The normalized spacial score (nSPS) is 16.8. The highest BCUT2D eigenvalue weighted by atomic mass is 16.1. The molecule has 1 aromatic heterocycles. The number of fused-ring (bicyclic) bond motifs is 1. The summed E-state index contributed by atoms with van der Waals surface area (Å²) in [6.45, 7) is 8.42. The predicted octanol–water partition coefficient (Wildman–Crippen LogP) is 5.70. The van der Waals surface area contributed by atoms with Crippen LogP contribution < -0.4 is 5.32 Å². The fraction of sp³-hybridized carbons (Fsp3) is 0.483. The molecule has 1 unspecified atom stereocenters. The van der Waals surface area contributed by atoms with Gasteiger partial charge in [-0.2, -0.15) is 0 Å². The number of hydrogen-bond acceptors (Lipinski definition) is 2. The molecule has 0 spiro atoms. The summed E-state index contributed by atoms with van der Waals surface area (Å²) in [7, 11) is 0. The second kappa shape index (κ2) is 11.5. The van der Waals surface area contributed by atoms with E-state index in [-0.39, 0.29) is 5.91 Å². The number of carbonyl (C=O) groups excluding carboxylic acids is 1. The number of carbonyl (C=O) groups is 1. The van der Waals surface area contributed by atoms with Gasteiger partial charge in [-0.05, 0) is 68.3 Å². The molecule has 1 aliphatic heterocycles. The second-order valence-corrected chi connectivity index (χ2v) is 9.52. The van der Waals surface area contributed by atoms with Crippen LogP contribution in [0.2, 0.25) is 0 Å². The summed E-state index contributed by atoms with van der Waals surface area (Å²) < 4.78 is 2.33. The number of hydrogen-bond donors (Lipinski definition) is 1. The van der Waals surface area contributed by atoms with Crippen LogP contribution in [-0.4, -0.2) is 41.1 Å². The third-order valence-electron chi connectivity index (χ3n) is 7.26. The minimum absolute atomic E-state index is 0.163. The average Bonchev–Trinajstić information content (AvgIpc) is 3.19. The Morgan fingerprint density at radius 2 is 1.88 bits per heavy atom. The summed E-state index contributed by atoms with van der Waals surface area (Å²) in [5.74, 6) is 0.163. The van der Waals surface area contributed by atoms with E-state index in [1.165, 1.54) is 59.8 Å². The second-order valence-electron chi connectivity index (χ2n) is 9.52. The first-order valence-corrected chi connectivity index (χ1v) is 12.8. The van der Waals surface area contributed by atoms with Gasteiger partial charge in [0.2, 0.25) is 5.91 Å². The molecule has 2 heterocycles. The van der Waals surface area contributed by atoms with Crippen LogP contribution in [0, 0.1) is 6.92 Å². The van der Waals surface area contributed by atoms with Crippen LogP contribution in [0.5, 0.6) is 0 Å². The molecule has 1 atom stereocenters. The number of aromatic nitrogens is 1. The van der Waals surface area contributed by atoms with Gasteiger partial charge in [-0.25, -0.2) is 0 Å². The molecule has 4 nitrogen and oxygen atoms in total. The lowest BCUT2D eigenvalue weighted by Crippen LogP contribution is -2.40. The molecule has 1 N–H and O–H groups in total. The minimum Gasteiger partial charge on any atom is -0.356 e. The Hall–Kier alpha value is -2.59. The molecule has 3 aromatic rings. The van der Waals surface area contributed by atoms with Crippen LogP contribution in [-0.2, 0) is 17.8 Å². The highest BCUT2D eigenvalue weighted by molar-refractivity contribution is 5.85. The highest BCUT2D eigenvalue weighted by Crippen LogP contribution is 2.24. The summed E-state index contributed by atoms with van der Waals surface area (Å²) in [5, 5.41) is 4.41. The van der Waals surface area contributed by atoms with Gasteiger partial charge in [-0.3, -0.25) is 4.79 Å². The zero-order chi connectivity index (χ0) is 23.0. The van der Waals surface area contributed by atoms with Crippen molar-refractivity contribution >= 4 is 16.8 Å². The summed E-state index contributed by atoms with van der Waals surface area (Å²) in [6.07, 6.45) is 9.86. The van der Waals surface area contributed by atoms with Crippen LogP contribution in [0.1, 0.15) is 62.1 Å². The van der Waals surface area contributed by atoms with Gasteiger partial charge in [0.1, 0.15) is 0 Å². The topological polar surface area (TPSA) is 37.3 Å². The molecule has 33 heavy (non-hydrogen) atoms. The number of nitrogens with zero attached hydrogens (tertiary/aromatic N) is 2. The van der Waals surface area contributed by atoms with Gasteiger partial charge in [-0.15, -0.1) is 0 Å². The minimum atomic E-state index is 0.163. The number of benzene rings is 2. The molecule has 1 amide bonds. The molecule has 0 radical (unpaired) electrons. The van der Waals surface area contributed by atoms with E-state index in [9.17, 15) is 4.79 Å². The summed E-state index contributed by atoms with van der Waals surface area (Å²) >= 11 is 0. The molecule has 0 saturated carbocycles. The number of likely N-dealkylation sites (tertiary alicyclic amines) is 1. The van der Waals surface area contributed by atoms with Gasteiger partial charge in [0.05, 0.1) is 0 Å². The molecule has 1 fully saturated rings. The van der Waals surface area contributed by atoms with Crippen molar-refractivity contribution in [2.45, 2.75) is 71.4 Å². The van der Waals surface area contributed by atoms with Gasteiger partial charge >= 0.3 is 0 Å². The van der Waals surface area contributed by atoms with Gasteiger partial charge < -0.3 is 14.8 Å². The van der Waals surface area contributed by atoms with Crippen molar-refractivity contribution in [1.82, 2.24) is 14.8 Å². The number of para-hydroxylation sites is 1. The SMILES string of the molecule is CCC1CCCCN1CCCNC(=O)CCc1cn(Cc2ccccc2C)c2ccccc12. The monoisotopic (exact) mass is 445 g/mol. The fourth-order valence-corrected chi connectivity index (χ4v) is 5.29. The molecular formula is C29H39N3O. The standard InChI is InChI=1S/C29H39N3O/c1-3-26-13-8-9-19-31(26)20-10-18-30-29(33)17-16-25-22-32(28-15-7-6-14-27(25)28)21-24-12-5-4-11-23(24)2/h4-7,11-12,14-15,22,26H,3,8-10,13,16-21H2,1-2H3,(H,30,33). The number of nitrogens with one attached hydrogen (secondary N) is 1. The molecule has 0 aliphatic carbocycles. The van der Waals surface area contributed by atoms with E-state index < -0.39 is 0 Å². The summed E-state index contributed by atoms with van der Waals surface area (Å²) in [4.78, 5) is 15.2. The maximum atomic E-state index is 12.5. The van der Waals surface area contributed by atoms with Crippen molar-refractivity contribution in [2.24, 2.45) is 0 Å². The Kier molecular flexibility index (Phi) is 8.22. The molecule has 1 saturated heterocycles. The molecule has 0 bridgehead atoms. The molecule has 4 rings (SSSR count). The smallest absolute Gasteiger partial charge is 0.220 e. The number of aryl methyl sites for hydroxylation is 2. The van der Waals surface area contributed by atoms with Crippen molar-refractivity contribution in [3.05, 3.63) is 71.4 Å². The van der Waals surface area contributed by atoms with Gasteiger partial charge in [0.15, 0.2) is 0 Å². The lowest BCUT2D eigenvalue weighted by molar-refractivity contribution is -0.121. The highest BCUT2D eigenvalue weighted by Gasteiger charge is 2.20. The van der Waals surface area contributed by atoms with Crippen molar-refractivity contribution in [2.75, 3.05) is 19.6 Å². The first-order chi connectivity index (χ1) is 16.2. The van der Waals surface area contributed by atoms with E-state index in [1.54, 1.807) is 0 Å². The van der Waals surface area contributed by atoms with E-state index in [1.807, 2.05) is 0 Å². The van der Waals surface area contributed by atoms with Crippen molar-refractivity contribution < 1.29 is 4.79 Å². The van der Waals surface area contributed by atoms with E-state index in [0.29, 0.717) is 6.42 Å². The Morgan fingerprint density at radius 3 is 2.73 bits per heavy atom. The van der Waals surface area contributed by atoms with Crippen molar-refractivity contribution in [1.29, 1.82) is 0 Å². The number of amides is 1. The van der Waals surface area contributed by atoms with Crippen LogP contribution in [0.3, 0.4) is 0 Å². The zero-order valence-electron chi connectivity index (χ0n) is 20.4.